The second-order valence-electron chi connectivity index (χ2n) is 4.34. The van der Waals surface area contributed by atoms with Crippen molar-refractivity contribution in [2.75, 3.05) is 0 Å². The Labute approximate surface area is 105 Å². The molecule has 1 aliphatic heterocycles. The lowest BCUT2D eigenvalue weighted by Crippen LogP contribution is -2.06. The van der Waals surface area contributed by atoms with Gasteiger partial charge in [0.2, 0.25) is 5.90 Å². The molecule has 0 saturated carbocycles. The summed E-state index contributed by atoms with van der Waals surface area (Å²) in [6.07, 6.45) is 7.10. The Morgan fingerprint density at radius 2 is 2.00 bits per heavy atom. The highest BCUT2D eigenvalue weighted by molar-refractivity contribution is 6.11. The lowest BCUT2D eigenvalue weighted by atomic mass is 10.0. The molecule has 0 spiro atoms. The van der Waals surface area contributed by atoms with E-state index in [2.05, 4.69) is 11.1 Å². The molecule has 18 heavy (non-hydrogen) atoms. The van der Waals surface area contributed by atoms with Gasteiger partial charge in [0, 0.05) is 5.56 Å². The van der Waals surface area contributed by atoms with Crippen LogP contribution >= 0.6 is 0 Å². The molecule has 3 nitrogen and oxygen atoms in total. The quantitative estimate of drug-likeness (QED) is 0.558. The highest BCUT2D eigenvalue weighted by Crippen LogP contribution is 2.25. The molecule has 0 bridgehead atoms. The van der Waals surface area contributed by atoms with E-state index in [1.807, 2.05) is 36.4 Å². The fourth-order valence-electron chi connectivity index (χ4n) is 2.13. The third kappa shape index (κ3) is 1.99. The van der Waals surface area contributed by atoms with E-state index in [9.17, 15) is 4.79 Å². The summed E-state index contributed by atoms with van der Waals surface area (Å²) in [4.78, 5) is 16.2. The second-order valence-corrected chi connectivity index (χ2v) is 4.34. The number of hydrogen-bond donors (Lipinski definition) is 0. The van der Waals surface area contributed by atoms with Crippen molar-refractivity contribution in [1.29, 1.82) is 0 Å². The van der Waals surface area contributed by atoms with Crippen LogP contribution in [0.2, 0.25) is 0 Å². The summed E-state index contributed by atoms with van der Waals surface area (Å²) in [6.45, 7) is 0. The molecule has 0 atom stereocenters. The smallest absolute Gasteiger partial charge is 0.364 e. The van der Waals surface area contributed by atoms with Crippen LogP contribution in [0.4, 0.5) is 0 Å². The molecule has 0 aromatic heterocycles. The molecule has 2 aliphatic rings. The third-order valence-electron chi connectivity index (χ3n) is 3.06. The normalized spacial score (nSPS) is 22.9. The van der Waals surface area contributed by atoms with Crippen LogP contribution in [0.1, 0.15) is 24.8 Å². The molecule has 1 aromatic carbocycles. The van der Waals surface area contributed by atoms with Crippen LogP contribution < -0.4 is 0 Å². The monoisotopic (exact) mass is 239 g/mol. The maximum atomic E-state index is 11.8. The van der Waals surface area contributed by atoms with E-state index >= 15 is 0 Å². The molecular weight excluding hydrogens is 226 g/mol. The van der Waals surface area contributed by atoms with Crippen LogP contribution in [0.15, 0.2) is 58.7 Å². The van der Waals surface area contributed by atoms with Crippen molar-refractivity contribution >= 4 is 11.9 Å². The van der Waals surface area contributed by atoms with Crippen molar-refractivity contribution in [2.24, 2.45) is 4.99 Å². The van der Waals surface area contributed by atoms with Gasteiger partial charge in [-0.15, -0.1) is 0 Å². The number of esters is 1. The minimum atomic E-state index is -0.338. The summed E-state index contributed by atoms with van der Waals surface area (Å²) in [6, 6.07) is 9.49. The number of allylic oxidation sites excluding steroid dienone is 3. The molecule has 0 N–H and O–H groups in total. The largest absolute Gasteiger partial charge is 0.402 e. The Bertz CT molecular complexity index is 567. The number of rotatable bonds is 1. The Hall–Kier alpha value is -2.16. The van der Waals surface area contributed by atoms with E-state index in [1.165, 1.54) is 0 Å². The average Bonchev–Trinajstić information content (AvgIpc) is 2.83. The maximum absolute atomic E-state index is 11.8. The predicted molar refractivity (Wildman–Crippen MR) is 69.1 cm³/mol. The van der Waals surface area contributed by atoms with E-state index in [-0.39, 0.29) is 5.97 Å². The van der Waals surface area contributed by atoms with Crippen LogP contribution in [0.5, 0.6) is 0 Å². The van der Waals surface area contributed by atoms with Crippen molar-refractivity contribution in [2.45, 2.75) is 19.3 Å². The fourth-order valence-corrected chi connectivity index (χ4v) is 2.13. The summed E-state index contributed by atoms with van der Waals surface area (Å²) in [7, 11) is 0. The number of benzene rings is 1. The van der Waals surface area contributed by atoms with Crippen molar-refractivity contribution < 1.29 is 9.53 Å². The van der Waals surface area contributed by atoms with Crippen LogP contribution in [0.3, 0.4) is 0 Å². The van der Waals surface area contributed by atoms with Gasteiger partial charge in [-0.3, -0.25) is 0 Å². The van der Waals surface area contributed by atoms with Crippen LogP contribution in [0.25, 0.3) is 0 Å². The Balaban J connectivity index is 1.99. The topological polar surface area (TPSA) is 38.7 Å². The van der Waals surface area contributed by atoms with Gasteiger partial charge in [-0.2, -0.15) is 0 Å². The van der Waals surface area contributed by atoms with Crippen molar-refractivity contribution in [3.05, 3.63) is 59.3 Å². The molecule has 0 saturated heterocycles. The molecule has 1 heterocycles. The number of carbonyl (C=O) groups excluding carboxylic acids is 1. The van der Waals surface area contributed by atoms with Gasteiger partial charge in [0.25, 0.3) is 0 Å². The van der Waals surface area contributed by atoms with Crippen LogP contribution in [-0.2, 0) is 9.53 Å². The minimum Gasteiger partial charge on any atom is -0.402 e. The van der Waals surface area contributed by atoms with E-state index in [0.717, 1.165) is 30.4 Å². The summed E-state index contributed by atoms with van der Waals surface area (Å²) >= 11 is 0. The Kier molecular flexibility index (Phi) is 2.81. The summed E-state index contributed by atoms with van der Waals surface area (Å²) in [5.74, 6) is 0.0671. The van der Waals surface area contributed by atoms with Gasteiger partial charge >= 0.3 is 5.97 Å². The SMILES string of the molecule is O=C1OC(c2ccccc2)=NC1=C1C=CCCC1. The van der Waals surface area contributed by atoms with Crippen molar-refractivity contribution in [3.8, 4) is 0 Å². The third-order valence-corrected chi connectivity index (χ3v) is 3.06. The van der Waals surface area contributed by atoms with Crippen LogP contribution in [-0.4, -0.2) is 11.9 Å². The van der Waals surface area contributed by atoms with Gasteiger partial charge in [0.1, 0.15) is 0 Å². The molecule has 3 rings (SSSR count). The highest BCUT2D eigenvalue weighted by Gasteiger charge is 2.26. The first-order valence-corrected chi connectivity index (χ1v) is 6.10. The molecule has 3 heteroatoms. The molecular formula is C15H13NO2. The van der Waals surface area contributed by atoms with Gasteiger partial charge < -0.3 is 4.74 Å². The zero-order chi connectivity index (χ0) is 12.4. The Morgan fingerprint density at radius 3 is 2.72 bits per heavy atom. The number of nitrogens with zero attached hydrogens (tertiary/aromatic N) is 1. The average molecular weight is 239 g/mol. The van der Waals surface area contributed by atoms with Crippen molar-refractivity contribution in [3.63, 3.8) is 0 Å². The van der Waals surface area contributed by atoms with E-state index in [4.69, 9.17) is 4.74 Å². The minimum absolute atomic E-state index is 0.338. The summed E-state index contributed by atoms with van der Waals surface area (Å²) in [5.41, 5.74) is 2.28. The Morgan fingerprint density at radius 1 is 1.17 bits per heavy atom. The molecule has 1 aliphatic carbocycles. The lowest BCUT2D eigenvalue weighted by molar-refractivity contribution is -0.130. The van der Waals surface area contributed by atoms with E-state index in [0.29, 0.717) is 11.6 Å². The van der Waals surface area contributed by atoms with E-state index < -0.39 is 0 Å². The van der Waals surface area contributed by atoms with Gasteiger partial charge in [-0.25, -0.2) is 9.79 Å². The molecule has 1 aromatic rings. The first kappa shape index (κ1) is 11.0. The molecule has 0 amide bonds. The zero-order valence-corrected chi connectivity index (χ0v) is 9.93. The zero-order valence-electron chi connectivity index (χ0n) is 9.93. The van der Waals surface area contributed by atoms with Gasteiger partial charge in [0.15, 0.2) is 5.70 Å². The lowest BCUT2D eigenvalue weighted by Gasteiger charge is -2.06. The van der Waals surface area contributed by atoms with Gasteiger partial charge in [-0.1, -0.05) is 30.4 Å². The van der Waals surface area contributed by atoms with Gasteiger partial charge in [0.05, 0.1) is 0 Å². The first-order valence-electron chi connectivity index (χ1n) is 6.10. The predicted octanol–water partition coefficient (Wildman–Crippen LogP) is 2.98. The fraction of sp³-hybridized carbons (Fsp3) is 0.200. The summed E-state index contributed by atoms with van der Waals surface area (Å²) in [5, 5.41) is 0. The number of cyclic esters (lactones) is 1. The first-order chi connectivity index (χ1) is 8.84. The molecule has 0 unspecified atom stereocenters. The van der Waals surface area contributed by atoms with Crippen molar-refractivity contribution in [1.82, 2.24) is 0 Å². The highest BCUT2D eigenvalue weighted by atomic mass is 16.6. The second kappa shape index (κ2) is 4.61. The molecule has 0 fully saturated rings. The molecule has 90 valence electrons. The standard InChI is InChI=1S/C15H13NO2/c17-15-13(11-7-3-1-4-8-11)16-14(18-15)12-9-5-2-6-10-12/h2-3,5-7,9-10H,1,4,8H2. The molecule has 0 radical (unpaired) electrons. The maximum Gasteiger partial charge on any atom is 0.364 e. The number of hydrogen-bond acceptors (Lipinski definition) is 3. The number of carbonyl (C=O) groups is 1. The number of aliphatic imine (C=N–C) groups is 1. The number of ether oxygens (including phenoxy) is 1. The van der Waals surface area contributed by atoms with Crippen LogP contribution in [0, 0.1) is 0 Å². The van der Waals surface area contributed by atoms with Gasteiger partial charge in [-0.05, 0) is 37.0 Å². The summed E-state index contributed by atoms with van der Waals surface area (Å²) < 4.78 is 5.23. The van der Waals surface area contributed by atoms with E-state index in [1.54, 1.807) is 0 Å².